The van der Waals surface area contributed by atoms with Gasteiger partial charge in [0, 0.05) is 11.9 Å². The molecule has 0 bridgehead atoms. The molecule has 0 aliphatic heterocycles. The van der Waals surface area contributed by atoms with Gasteiger partial charge in [-0.05, 0) is 31.2 Å². The van der Waals surface area contributed by atoms with Crippen molar-refractivity contribution >= 4 is 18.3 Å². The van der Waals surface area contributed by atoms with E-state index in [2.05, 4.69) is 28.1 Å². The van der Waals surface area contributed by atoms with Crippen molar-refractivity contribution in [3.8, 4) is 17.1 Å². The van der Waals surface area contributed by atoms with Crippen molar-refractivity contribution in [2.45, 2.75) is 18.4 Å². The Hall–Kier alpha value is -3.26. The maximum absolute atomic E-state index is 12.9. The SMILES string of the molecule is Cc1c(NCc2nnc(-c3ccccc3S)o2)c(=O)n(-c2ccccc2)n1C. The summed E-state index contributed by atoms with van der Waals surface area (Å²) in [6.45, 7) is 2.14. The predicted molar refractivity (Wildman–Crippen MR) is 110 cm³/mol. The van der Waals surface area contributed by atoms with Gasteiger partial charge in [0.15, 0.2) is 0 Å². The summed E-state index contributed by atoms with van der Waals surface area (Å²) in [5.74, 6) is 0.786. The smallest absolute Gasteiger partial charge is 0.295 e. The normalized spacial score (nSPS) is 11.0. The van der Waals surface area contributed by atoms with E-state index in [1.54, 1.807) is 4.68 Å². The zero-order valence-electron chi connectivity index (χ0n) is 15.5. The van der Waals surface area contributed by atoms with Crippen molar-refractivity contribution < 1.29 is 4.42 Å². The fraction of sp³-hybridized carbons (Fsp3) is 0.150. The van der Waals surface area contributed by atoms with E-state index < -0.39 is 0 Å². The van der Waals surface area contributed by atoms with E-state index in [-0.39, 0.29) is 12.1 Å². The van der Waals surface area contributed by atoms with Crippen molar-refractivity contribution in [2.24, 2.45) is 7.05 Å². The number of nitrogens with one attached hydrogen (secondary N) is 1. The van der Waals surface area contributed by atoms with Gasteiger partial charge in [-0.3, -0.25) is 9.48 Å². The molecule has 0 unspecified atom stereocenters. The third kappa shape index (κ3) is 3.22. The lowest BCUT2D eigenvalue weighted by Gasteiger charge is -2.07. The highest BCUT2D eigenvalue weighted by molar-refractivity contribution is 7.80. The number of benzene rings is 2. The first-order valence-electron chi connectivity index (χ1n) is 8.75. The standard InChI is InChI=1S/C20H19N5O2S/c1-13-18(20(26)25(24(13)2)14-8-4-3-5-9-14)21-12-17-22-23-19(27-17)15-10-6-7-11-16(15)28/h3-11,21,28H,12H2,1-2H3. The molecule has 8 heteroatoms. The first kappa shape index (κ1) is 18.1. The molecule has 142 valence electrons. The summed E-state index contributed by atoms with van der Waals surface area (Å²) in [6.07, 6.45) is 0. The number of nitrogens with zero attached hydrogens (tertiary/aromatic N) is 4. The average Bonchev–Trinajstić information content (AvgIpc) is 3.25. The van der Waals surface area contributed by atoms with Gasteiger partial charge in [0.05, 0.1) is 23.5 Å². The first-order chi connectivity index (χ1) is 13.6. The minimum atomic E-state index is -0.133. The Kier molecular flexibility index (Phi) is 4.79. The highest BCUT2D eigenvalue weighted by atomic mass is 32.1. The van der Waals surface area contributed by atoms with E-state index in [4.69, 9.17) is 4.42 Å². The molecule has 28 heavy (non-hydrogen) atoms. The van der Waals surface area contributed by atoms with Crippen LogP contribution < -0.4 is 10.9 Å². The van der Waals surface area contributed by atoms with E-state index in [9.17, 15) is 4.79 Å². The number of rotatable bonds is 5. The molecule has 0 saturated heterocycles. The van der Waals surface area contributed by atoms with Crippen molar-refractivity contribution in [1.29, 1.82) is 0 Å². The minimum absolute atomic E-state index is 0.133. The summed E-state index contributed by atoms with van der Waals surface area (Å²) < 4.78 is 9.16. The molecule has 0 saturated carbocycles. The van der Waals surface area contributed by atoms with Gasteiger partial charge in [-0.15, -0.1) is 22.8 Å². The molecule has 2 heterocycles. The quantitative estimate of drug-likeness (QED) is 0.508. The Morgan fingerprint density at radius 1 is 1.07 bits per heavy atom. The molecule has 0 amide bonds. The molecule has 0 aliphatic carbocycles. The largest absolute Gasteiger partial charge is 0.419 e. The van der Waals surface area contributed by atoms with Crippen LogP contribution in [0.15, 0.2) is 68.7 Å². The van der Waals surface area contributed by atoms with Crippen LogP contribution in [0.2, 0.25) is 0 Å². The molecular formula is C20H19N5O2S. The molecule has 0 atom stereocenters. The Bertz CT molecular complexity index is 1180. The molecule has 0 fully saturated rings. The van der Waals surface area contributed by atoms with Crippen LogP contribution in [0.25, 0.3) is 17.1 Å². The van der Waals surface area contributed by atoms with Gasteiger partial charge in [-0.25, -0.2) is 4.68 Å². The maximum atomic E-state index is 12.9. The third-order valence-corrected chi connectivity index (χ3v) is 4.96. The number of thiol groups is 1. The molecule has 0 radical (unpaired) electrons. The Morgan fingerprint density at radius 2 is 1.79 bits per heavy atom. The van der Waals surface area contributed by atoms with E-state index in [0.29, 0.717) is 17.5 Å². The van der Waals surface area contributed by atoms with Crippen LogP contribution in [0.5, 0.6) is 0 Å². The van der Waals surface area contributed by atoms with Crippen LogP contribution in [0.3, 0.4) is 0 Å². The number of aromatic nitrogens is 4. The minimum Gasteiger partial charge on any atom is -0.419 e. The number of hydrogen-bond acceptors (Lipinski definition) is 6. The van der Waals surface area contributed by atoms with E-state index in [1.165, 1.54) is 0 Å². The monoisotopic (exact) mass is 393 g/mol. The molecular weight excluding hydrogens is 374 g/mol. The maximum Gasteiger partial charge on any atom is 0.295 e. The number of para-hydroxylation sites is 1. The Morgan fingerprint density at radius 3 is 2.54 bits per heavy atom. The van der Waals surface area contributed by atoms with Gasteiger partial charge < -0.3 is 9.73 Å². The molecule has 0 spiro atoms. The van der Waals surface area contributed by atoms with Crippen LogP contribution in [0, 0.1) is 6.92 Å². The van der Waals surface area contributed by atoms with Crippen LogP contribution >= 0.6 is 12.6 Å². The fourth-order valence-electron chi connectivity index (χ4n) is 3.02. The third-order valence-electron chi connectivity index (χ3n) is 4.57. The summed E-state index contributed by atoms with van der Waals surface area (Å²) in [7, 11) is 1.85. The van der Waals surface area contributed by atoms with Crippen molar-refractivity contribution in [1.82, 2.24) is 19.6 Å². The van der Waals surface area contributed by atoms with Crippen LogP contribution in [-0.4, -0.2) is 19.6 Å². The van der Waals surface area contributed by atoms with Crippen LogP contribution in [0.4, 0.5) is 5.69 Å². The van der Waals surface area contributed by atoms with Gasteiger partial charge in [0.2, 0.25) is 11.8 Å². The molecule has 1 N–H and O–H groups in total. The van der Waals surface area contributed by atoms with Crippen LogP contribution in [-0.2, 0) is 13.6 Å². The molecule has 4 rings (SSSR count). The molecule has 2 aromatic carbocycles. The molecule has 0 aliphatic rings. The van der Waals surface area contributed by atoms with E-state index >= 15 is 0 Å². The molecule has 7 nitrogen and oxygen atoms in total. The Labute approximate surface area is 167 Å². The van der Waals surface area contributed by atoms with Gasteiger partial charge in [0.1, 0.15) is 5.69 Å². The number of hydrogen-bond donors (Lipinski definition) is 2. The van der Waals surface area contributed by atoms with Crippen LogP contribution in [0.1, 0.15) is 11.6 Å². The van der Waals surface area contributed by atoms with E-state index in [1.807, 2.05) is 73.3 Å². The van der Waals surface area contributed by atoms with Gasteiger partial charge >= 0.3 is 0 Å². The number of anilines is 1. The summed E-state index contributed by atoms with van der Waals surface area (Å²) in [6, 6.07) is 17.0. The van der Waals surface area contributed by atoms with Gasteiger partial charge in [-0.1, -0.05) is 30.3 Å². The zero-order valence-corrected chi connectivity index (χ0v) is 16.4. The lowest BCUT2D eigenvalue weighted by Crippen LogP contribution is -2.21. The summed E-state index contributed by atoms with van der Waals surface area (Å²) >= 11 is 4.41. The van der Waals surface area contributed by atoms with Gasteiger partial charge in [0.25, 0.3) is 5.56 Å². The van der Waals surface area contributed by atoms with Crippen molar-refractivity contribution in [2.75, 3.05) is 5.32 Å². The average molecular weight is 393 g/mol. The lowest BCUT2D eigenvalue weighted by atomic mass is 10.2. The Balaban J connectivity index is 1.58. The second-order valence-electron chi connectivity index (χ2n) is 6.31. The summed E-state index contributed by atoms with van der Waals surface area (Å²) in [5.41, 5.74) is 2.75. The fourth-order valence-corrected chi connectivity index (χ4v) is 3.28. The highest BCUT2D eigenvalue weighted by Gasteiger charge is 2.17. The second-order valence-corrected chi connectivity index (χ2v) is 6.79. The second kappa shape index (κ2) is 7.40. The topological polar surface area (TPSA) is 77.9 Å². The summed E-state index contributed by atoms with van der Waals surface area (Å²) in [5, 5.41) is 11.3. The van der Waals surface area contributed by atoms with E-state index in [0.717, 1.165) is 21.8 Å². The molecule has 2 aromatic heterocycles. The summed E-state index contributed by atoms with van der Waals surface area (Å²) in [4.78, 5) is 13.7. The highest BCUT2D eigenvalue weighted by Crippen LogP contribution is 2.25. The van der Waals surface area contributed by atoms with Gasteiger partial charge in [-0.2, -0.15) is 0 Å². The zero-order chi connectivity index (χ0) is 19.7. The molecule has 4 aromatic rings. The van der Waals surface area contributed by atoms with Crippen molar-refractivity contribution in [3.05, 3.63) is 76.5 Å². The lowest BCUT2D eigenvalue weighted by molar-refractivity contribution is 0.514. The predicted octanol–water partition coefficient (Wildman–Crippen LogP) is 3.44. The first-order valence-corrected chi connectivity index (χ1v) is 9.19. The van der Waals surface area contributed by atoms with Crippen molar-refractivity contribution in [3.63, 3.8) is 0 Å².